The van der Waals surface area contributed by atoms with Crippen molar-refractivity contribution in [3.8, 4) is 0 Å². The Morgan fingerprint density at radius 1 is 0.815 bits per heavy atom. The predicted molar refractivity (Wildman–Crippen MR) is 113 cm³/mol. The third-order valence-electron chi connectivity index (χ3n) is 4.24. The molecule has 7 heteroatoms. The first kappa shape index (κ1) is 19.8. The summed E-state index contributed by atoms with van der Waals surface area (Å²) >= 11 is 4.97. The predicted octanol–water partition coefficient (Wildman–Crippen LogP) is 3.44. The minimum Gasteiger partial charge on any atom is -0.322 e. The van der Waals surface area contributed by atoms with Crippen LogP contribution in [0.4, 0.5) is 0 Å². The molecule has 0 heterocycles. The lowest BCUT2D eigenvalue weighted by Gasteiger charge is -2.26. The Morgan fingerprint density at radius 3 is 1.85 bits per heavy atom. The molecule has 0 unspecified atom stereocenters. The van der Waals surface area contributed by atoms with Crippen molar-refractivity contribution < 1.29 is 8.42 Å². The van der Waals surface area contributed by atoms with Crippen LogP contribution in [0.1, 0.15) is 23.2 Å². The van der Waals surface area contributed by atoms with Crippen molar-refractivity contribution in [3.63, 3.8) is 0 Å². The normalized spacial score (nSPS) is 14.0. The van der Waals surface area contributed by atoms with E-state index >= 15 is 0 Å². The molecule has 0 saturated carbocycles. The van der Waals surface area contributed by atoms with Crippen molar-refractivity contribution in [2.75, 3.05) is 0 Å². The van der Waals surface area contributed by atoms with Crippen LogP contribution in [0.2, 0.25) is 0 Å². The molecule has 0 amide bonds. The van der Waals surface area contributed by atoms with Crippen LogP contribution in [0.3, 0.4) is 0 Å². The van der Waals surface area contributed by atoms with E-state index in [-0.39, 0.29) is 4.90 Å². The first-order valence-electron chi connectivity index (χ1n) is 8.32. The van der Waals surface area contributed by atoms with Crippen molar-refractivity contribution in [1.82, 2.24) is 4.72 Å². The zero-order chi connectivity index (χ0) is 19.3. The van der Waals surface area contributed by atoms with Crippen molar-refractivity contribution in [2.24, 2.45) is 5.73 Å². The molecule has 3 rings (SSSR count). The first-order chi connectivity index (χ1) is 13.0. The summed E-state index contributed by atoms with van der Waals surface area (Å²) in [6, 6.07) is 24.3. The molecule has 0 fully saturated rings. The Morgan fingerprint density at radius 2 is 1.33 bits per heavy atom. The van der Waals surface area contributed by atoms with Crippen LogP contribution >= 0.6 is 7.36 Å². The number of nitrogens with two attached hydrogens (primary N) is 1. The monoisotopic (exact) mass is 414 g/mol. The minimum atomic E-state index is -3.75. The Balaban J connectivity index is 1.96. The fraction of sp³-hybridized carbons (Fsp3) is 0.100. The third-order valence-corrected chi connectivity index (χ3v) is 6.84. The summed E-state index contributed by atoms with van der Waals surface area (Å²) in [5, 5.41) is 0.879. The molecule has 3 aromatic carbocycles. The number of benzene rings is 3. The van der Waals surface area contributed by atoms with Crippen LogP contribution in [-0.4, -0.2) is 8.42 Å². The SMILES string of the molecule is N[C@@H](c1ccccc1)[C@@H](NS(=O)(=O)c1ccc(P=S)cc1)c1ccccc1. The lowest BCUT2D eigenvalue weighted by atomic mass is 9.95. The second-order valence-electron chi connectivity index (χ2n) is 6.03. The first-order valence-corrected chi connectivity index (χ1v) is 11.7. The average molecular weight is 414 g/mol. The number of nitrogens with one attached hydrogen (secondary N) is 1. The highest BCUT2D eigenvalue weighted by atomic mass is 32.4. The molecule has 2 atom stereocenters. The van der Waals surface area contributed by atoms with E-state index in [1.54, 1.807) is 24.3 Å². The third kappa shape index (κ3) is 4.86. The lowest BCUT2D eigenvalue weighted by Crippen LogP contribution is -2.36. The van der Waals surface area contributed by atoms with Gasteiger partial charge in [-0.2, -0.15) is 0 Å². The van der Waals surface area contributed by atoms with E-state index in [9.17, 15) is 8.42 Å². The van der Waals surface area contributed by atoms with Crippen LogP contribution in [-0.2, 0) is 21.8 Å². The van der Waals surface area contributed by atoms with Gasteiger partial charge in [-0.15, -0.1) is 0 Å². The van der Waals surface area contributed by atoms with Crippen molar-refractivity contribution in [2.45, 2.75) is 17.0 Å². The van der Waals surface area contributed by atoms with E-state index in [0.29, 0.717) is 7.36 Å². The highest BCUT2D eigenvalue weighted by Crippen LogP contribution is 2.28. The number of hydrogen-bond donors (Lipinski definition) is 2. The van der Waals surface area contributed by atoms with Crippen LogP contribution in [0.15, 0.2) is 89.8 Å². The fourth-order valence-electron chi connectivity index (χ4n) is 2.80. The molecule has 3 N–H and O–H groups in total. The van der Waals surface area contributed by atoms with Gasteiger partial charge in [-0.1, -0.05) is 72.5 Å². The standard InChI is InChI=1S/C20H19N2O2PS2/c21-19(15-7-3-1-4-8-15)20(16-9-5-2-6-10-16)22-27(23,24)18-13-11-17(25-26)12-14-18/h1-14,19-20,22H,21H2/t19-,20-/m0/s1. The molecule has 0 spiro atoms. The maximum absolute atomic E-state index is 13.0. The van der Waals surface area contributed by atoms with Crippen LogP contribution in [0.25, 0.3) is 0 Å². The zero-order valence-electron chi connectivity index (χ0n) is 14.4. The maximum Gasteiger partial charge on any atom is 0.241 e. The molecule has 0 aliphatic carbocycles. The fourth-order valence-corrected chi connectivity index (χ4v) is 4.68. The molecule has 3 aromatic rings. The van der Waals surface area contributed by atoms with E-state index in [1.807, 2.05) is 60.7 Å². The van der Waals surface area contributed by atoms with Crippen molar-refractivity contribution in [1.29, 1.82) is 0 Å². The molecule has 138 valence electrons. The molecule has 0 aliphatic heterocycles. The molecule has 0 radical (unpaired) electrons. The van der Waals surface area contributed by atoms with Crippen molar-refractivity contribution in [3.05, 3.63) is 96.1 Å². The summed E-state index contributed by atoms with van der Waals surface area (Å²) in [5.41, 5.74) is 8.12. The van der Waals surface area contributed by atoms with Gasteiger partial charge < -0.3 is 5.73 Å². The van der Waals surface area contributed by atoms with E-state index in [0.717, 1.165) is 16.4 Å². The lowest BCUT2D eigenvalue weighted by molar-refractivity contribution is 0.504. The Kier molecular flexibility index (Phi) is 6.47. The summed E-state index contributed by atoms with van der Waals surface area (Å²) in [5.74, 6) is 0. The summed E-state index contributed by atoms with van der Waals surface area (Å²) in [4.78, 5) is 0.186. The Bertz CT molecular complexity index is 995. The number of sulfonamides is 1. The summed E-state index contributed by atoms with van der Waals surface area (Å²) in [6.45, 7) is 0. The van der Waals surface area contributed by atoms with Gasteiger partial charge in [0.15, 0.2) is 0 Å². The van der Waals surface area contributed by atoms with Gasteiger partial charge in [-0.25, -0.2) is 13.1 Å². The zero-order valence-corrected chi connectivity index (χ0v) is 16.9. The molecule has 0 aromatic heterocycles. The van der Waals surface area contributed by atoms with Gasteiger partial charge in [-0.3, -0.25) is 0 Å². The second-order valence-corrected chi connectivity index (χ2v) is 8.99. The molecule has 4 nitrogen and oxygen atoms in total. The Hall–Kier alpha value is -1.95. The van der Waals surface area contributed by atoms with E-state index in [2.05, 4.69) is 4.72 Å². The molecule has 0 aliphatic rings. The molecule has 0 saturated heterocycles. The van der Waals surface area contributed by atoms with Gasteiger partial charge >= 0.3 is 0 Å². The molecular formula is C20H19N2O2PS2. The highest BCUT2D eigenvalue weighted by molar-refractivity contribution is 7.99. The molecule has 0 bridgehead atoms. The smallest absolute Gasteiger partial charge is 0.241 e. The van der Waals surface area contributed by atoms with E-state index in [4.69, 9.17) is 17.5 Å². The van der Waals surface area contributed by atoms with Crippen LogP contribution in [0.5, 0.6) is 0 Å². The number of hydrogen-bond acceptors (Lipinski definition) is 4. The topological polar surface area (TPSA) is 72.2 Å². The summed E-state index contributed by atoms with van der Waals surface area (Å²) in [7, 11) is -3.07. The largest absolute Gasteiger partial charge is 0.322 e. The molecule has 27 heavy (non-hydrogen) atoms. The van der Waals surface area contributed by atoms with E-state index < -0.39 is 22.1 Å². The van der Waals surface area contributed by atoms with Gasteiger partial charge in [0, 0.05) is 12.7 Å². The van der Waals surface area contributed by atoms with Crippen molar-refractivity contribution >= 4 is 34.5 Å². The Labute approximate surface area is 166 Å². The van der Waals surface area contributed by atoms with Gasteiger partial charge in [0.25, 0.3) is 0 Å². The van der Waals surface area contributed by atoms with Gasteiger partial charge in [0.2, 0.25) is 10.0 Å². The second kappa shape index (κ2) is 8.83. The van der Waals surface area contributed by atoms with E-state index in [1.165, 1.54) is 0 Å². The van der Waals surface area contributed by atoms with Gasteiger partial charge in [0.1, 0.15) is 0 Å². The molecular weight excluding hydrogens is 395 g/mol. The van der Waals surface area contributed by atoms with Crippen LogP contribution in [0, 0.1) is 0 Å². The number of rotatable bonds is 7. The average Bonchev–Trinajstić information content (AvgIpc) is 2.73. The minimum absolute atomic E-state index is 0.186. The van der Waals surface area contributed by atoms with Gasteiger partial charge in [0.05, 0.1) is 17.0 Å². The maximum atomic E-state index is 13.0. The summed E-state index contributed by atoms with van der Waals surface area (Å²) < 4.78 is 28.7. The quantitative estimate of drug-likeness (QED) is 0.581. The van der Waals surface area contributed by atoms with Gasteiger partial charge in [-0.05, 0) is 35.4 Å². The summed E-state index contributed by atoms with van der Waals surface area (Å²) in [6.07, 6.45) is 0. The highest BCUT2D eigenvalue weighted by Gasteiger charge is 2.27. The van der Waals surface area contributed by atoms with Crippen LogP contribution < -0.4 is 15.8 Å².